The fourth-order valence-electron chi connectivity index (χ4n) is 15.2. The quantitative estimate of drug-likeness (QED) is 0.100. The largest absolute Gasteiger partial charge is 0.310 e. The van der Waals surface area contributed by atoms with Crippen LogP contribution in [0.4, 0.5) is 34.1 Å². The average Bonchev–Trinajstić information content (AvgIpc) is 0.705. The van der Waals surface area contributed by atoms with Crippen molar-refractivity contribution >= 4 is 88.0 Å². The first-order chi connectivity index (χ1) is 49.6. The van der Waals surface area contributed by atoms with Crippen LogP contribution in [0.2, 0.25) is 0 Å². The van der Waals surface area contributed by atoms with Crippen LogP contribution in [0.1, 0.15) is 0 Å². The number of benzene rings is 18. The van der Waals surface area contributed by atoms with Crippen molar-refractivity contribution < 1.29 is 0 Å². The Kier molecular flexibility index (Phi) is 15.3. The zero-order valence-electron chi connectivity index (χ0n) is 55.0. The molecule has 18 aromatic carbocycles. The van der Waals surface area contributed by atoms with Gasteiger partial charge in [0.1, 0.15) is 0 Å². The van der Waals surface area contributed by atoms with Crippen molar-refractivity contribution in [2.24, 2.45) is 0 Å². The number of rotatable bonds is 14. The molecule has 0 N–H and O–H groups in total. The lowest BCUT2D eigenvalue weighted by atomic mass is 9.87. The Morgan fingerprint density at radius 2 is 0.300 bits per heavy atom. The Morgan fingerprint density at radius 1 is 0.110 bits per heavy atom. The van der Waals surface area contributed by atoms with E-state index in [0.717, 1.165) is 78.6 Å². The van der Waals surface area contributed by atoms with Crippen LogP contribution in [0.25, 0.3) is 143 Å². The minimum absolute atomic E-state index is 1.07. The number of nitrogens with zero attached hydrogens (tertiary/aromatic N) is 2. The van der Waals surface area contributed by atoms with Crippen molar-refractivity contribution in [1.29, 1.82) is 0 Å². The Balaban J connectivity index is 0.809. The third kappa shape index (κ3) is 11.2. The summed E-state index contributed by atoms with van der Waals surface area (Å²) < 4.78 is 0. The van der Waals surface area contributed by atoms with Crippen LogP contribution < -0.4 is 9.80 Å². The summed E-state index contributed by atoms with van der Waals surface area (Å²) in [4.78, 5) is 4.91. The molecule has 0 fully saturated rings. The van der Waals surface area contributed by atoms with Crippen LogP contribution in [-0.4, -0.2) is 0 Å². The van der Waals surface area contributed by atoms with Crippen molar-refractivity contribution in [2.75, 3.05) is 9.80 Å². The van der Waals surface area contributed by atoms with Gasteiger partial charge in [-0.05, 0) is 240 Å². The smallest absolute Gasteiger partial charge is 0.0468 e. The van der Waals surface area contributed by atoms with E-state index in [1.807, 2.05) is 0 Å². The topological polar surface area (TPSA) is 6.48 Å². The summed E-state index contributed by atoms with van der Waals surface area (Å²) in [6.07, 6.45) is 0. The van der Waals surface area contributed by atoms with Gasteiger partial charge in [0.05, 0.1) is 0 Å². The predicted molar refractivity (Wildman–Crippen MR) is 427 cm³/mol. The molecule has 0 heterocycles. The Hall–Kier alpha value is -13.1. The van der Waals surface area contributed by atoms with Gasteiger partial charge in [-0.1, -0.05) is 303 Å². The maximum atomic E-state index is 2.45. The van der Waals surface area contributed by atoms with E-state index < -0.39 is 0 Å². The highest BCUT2D eigenvalue weighted by Crippen LogP contribution is 2.49. The number of hydrogen-bond donors (Lipinski definition) is 0. The molecule has 0 radical (unpaired) electrons. The molecule has 18 rings (SSSR count). The summed E-state index contributed by atoms with van der Waals surface area (Å²) in [5.41, 5.74) is 25.2. The lowest BCUT2D eigenvalue weighted by Gasteiger charge is -2.28. The molecule has 468 valence electrons. The number of anilines is 6. The van der Waals surface area contributed by atoms with Crippen LogP contribution >= 0.6 is 0 Å². The van der Waals surface area contributed by atoms with E-state index in [4.69, 9.17) is 0 Å². The highest BCUT2D eigenvalue weighted by atomic mass is 15.1. The van der Waals surface area contributed by atoms with Gasteiger partial charge in [0.25, 0.3) is 0 Å². The summed E-state index contributed by atoms with van der Waals surface area (Å²) in [6.45, 7) is 0. The van der Waals surface area contributed by atoms with Crippen molar-refractivity contribution in [3.63, 3.8) is 0 Å². The first kappa shape index (κ1) is 59.4. The van der Waals surface area contributed by atoms with Crippen LogP contribution in [-0.2, 0) is 0 Å². The lowest BCUT2D eigenvalue weighted by molar-refractivity contribution is 1.29. The third-order valence-corrected chi connectivity index (χ3v) is 19.9. The zero-order valence-corrected chi connectivity index (χ0v) is 55.0. The van der Waals surface area contributed by atoms with Gasteiger partial charge in [-0.25, -0.2) is 0 Å². The Bertz CT molecular complexity index is 5470. The molecule has 0 bridgehead atoms. The summed E-state index contributed by atoms with van der Waals surface area (Å²) in [5, 5.41) is 12.1. The molecule has 0 unspecified atom stereocenters. The molecule has 0 saturated carbocycles. The molecule has 2 nitrogen and oxygen atoms in total. The molecule has 18 aromatic rings. The molecule has 2 heteroatoms. The molecule has 0 atom stereocenters. The molecule has 100 heavy (non-hydrogen) atoms. The predicted octanol–water partition coefficient (Wildman–Crippen LogP) is 27.7. The van der Waals surface area contributed by atoms with Gasteiger partial charge in [0.2, 0.25) is 0 Å². The highest BCUT2D eigenvalue weighted by molar-refractivity contribution is 6.40. The van der Waals surface area contributed by atoms with E-state index in [1.54, 1.807) is 0 Å². The van der Waals surface area contributed by atoms with Crippen molar-refractivity contribution in [3.8, 4) is 89.0 Å². The molecule has 0 aliphatic carbocycles. The fraction of sp³-hybridized carbons (Fsp3) is 0. The second-order valence-electron chi connectivity index (χ2n) is 26.0. The Labute approximate surface area is 583 Å². The minimum Gasteiger partial charge on any atom is -0.310 e. The fourth-order valence-corrected chi connectivity index (χ4v) is 15.2. The molecule has 0 spiro atoms. The first-order valence-corrected chi connectivity index (χ1v) is 34.4. The summed E-state index contributed by atoms with van der Waals surface area (Å²) >= 11 is 0. The molecular formula is C98H66N2. The van der Waals surface area contributed by atoms with E-state index in [9.17, 15) is 0 Å². The standard InChI is InChI=1S/C98H66N2/c1-5-25-67(26-6-1)71-33-17-37-75(57-71)79-41-21-45-83(61-79)99(84-46-22-42-80(62-84)76-38-18-34-72(58-76)68-27-7-2-8-28-68)87-53-55-93-95(65-87)89-49-13-15-51-91(89)98-94-56-54-88(66-96(94)90-50-14-16-52-92(90)97(93)98)100(85-47-23-43-81(63-85)77-39-19-35-73(59-77)69-29-9-3-10-30-69)86-48-24-44-82(64-86)78-40-20-36-74(60-78)70-31-11-4-12-32-70/h1-66H. The molecule has 0 aromatic heterocycles. The molecule has 0 amide bonds. The summed E-state index contributed by atoms with van der Waals surface area (Å²) in [6, 6.07) is 147. The summed E-state index contributed by atoms with van der Waals surface area (Å²) in [7, 11) is 0. The van der Waals surface area contributed by atoms with Gasteiger partial charge in [-0.15, -0.1) is 0 Å². The van der Waals surface area contributed by atoms with Gasteiger partial charge in [0.15, 0.2) is 0 Å². The first-order valence-electron chi connectivity index (χ1n) is 34.4. The van der Waals surface area contributed by atoms with Crippen LogP contribution in [0.15, 0.2) is 400 Å². The maximum absolute atomic E-state index is 2.45. The van der Waals surface area contributed by atoms with Gasteiger partial charge >= 0.3 is 0 Å². The van der Waals surface area contributed by atoms with E-state index in [0.29, 0.717) is 0 Å². The van der Waals surface area contributed by atoms with Gasteiger partial charge in [0, 0.05) is 34.1 Å². The molecular weight excluding hydrogens is 1210 g/mol. The number of hydrogen-bond acceptors (Lipinski definition) is 2. The van der Waals surface area contributed by atoms with Gasteiger partial charge < -0.3 is 9.80 Å². The monoisotopic (exact) mass is 1270 g/mol. The lowest BCUT2D eigenvalue weighted by Crippen LogP contribution is -2.10. The third-order valence-electron chi connectivity index (χ3n) is 19.9. The summed E-state index contributed by atoms with van der Waals surface area (Å²) in [5.74, 6) is 0. The van der Waals surface area contributed by atoms with Crippen LogP contribution in [0.5, 0.6) is 0 Å². The van der Waals surface area contributed by atoms with Gasteiger partial charge in [-0.2, -0.15) is 0 Å². The SMILES string of the molecule is c1ccc(-c2cccc(-c3cccc(N(c4cccc(-c5cccc(-c6ccccc6)c5)c4)c4ccc5c(c4)c4ccccc4c4c6ccc(N(c7cccc(-c8cccc(-c9ccccc9)c8)c7)c7cccc(-c8cccc(-c9ccccc9)c8)c7)cc6c6ccccc6c54)c3)c2)cc1. The number of fused-ring (bicyclic) bond motifs is 11. The molecule has 0 aliphatic rings. The normalized spacial score (nSPS) is 11.4. The van der Waals surface area contributed by atoms with E-state index in [1.165, 1.54) is 98.4 Å². The van der Waals surface area contributed by atoms with Crippen molar-refractivity contribution in [1.82, 2.24) is 0 Å². The van der Waals surface area contributed by atoms with E-state index in [2.05, 4.69) is 410 Å². The molecule has 0 saturated heterocycles. The Morgan fingerprint density at radius 3 is 0.570 bits per heavy atom. The molecule has 0 aliphatic heterocycles. The van der Waals surface area contributed by atoms with Crippen LogP contribution in [0.3, 0.4) is 0 Å². The maximum Gasteiger partial charge on any atom is 0.0468 e. The second kappa shape index (κ2) is 25.8. The van der Waals surface area contributed by atoms with Gasteiger partial charge in [-0.3, -0.25) is 0 Å². The van der Waals surface area contributed by atoms with Crippen LogP contribution in [0, 0.1) is 0 Å². The highest BCUT2D eigenvalue weighted by Gasteiger charge is 2.23. The minimum atomic E-state index is 1.07. The average molecular weight is 1270 g/mol. The van der Waals surface area contributed by atoms with Crippen molar-refractivity contribution in [3.05, 3.63) is 400 Å². The van der Waals surface area contributed by atoms with Crippen molar-refractivity contribution in [2.45, 2.75) is 0 Å². The van der Waals surface area contributed by atoms with E-state index in [-0.39, 0.29) is 0 Å². The van der Waals surface area contributed by atoms with E-state index >= 15 is 0 Å². The zero-order chi connectivity index (χ0) is 66.3. The second-order valence-corrected chi connectivity index (χ2v) is 26.0.